The van der Waals surface area contributed by atoms with Crippen molar-refractivity contribution in [2.24, 2.45) is 11.8 Å². The van der Waals surface area contributed by atoms with E-state index in [4.69, 9.17) is 11.6 Å². The molecule has 4 nitrogen and oxygen atoms in total. The van der Waals surface area contributed by atoms with Gasteiger partial charge in [-0.2, -0.15) is 0 Å². The highest BCUT2D eigenvalue weighted by atomic mass is 35.5. The van der Waals surface area contributed by atoms with Crippen molar-refractivity contribution < 1.29 is 19.7 Å². The minimum absolute atomic E-state index is 0. The molecule has 2 aliphatic carbocycles. The molecule has 3 unspecified atom stereocenters. The molecule has 7 heteroatoms. The average Bonchev–Trinajstić information content (AvgIpc) is 2.71. The molecule has 0 bridgehead atoms. The Balaban J connectivity index is 0.00000240. The summed E-state index contributed by atoms with van der Waals surface area (Å²) < 4.78 is 27.1. The Morgan fingerprint density at radius 3 is 2.42 bits per heavy atom. The van der Waals surface area contributed by atoms with Gasteiger partial charge in [-0.3, -0.25) is 0 Å². The van der Waals surface area contributed by atoms with Crippen LogP contribution in [0.1, 0.15) is 52.4 Å². The summed E-state index contributed by atoms with van der Waals surface area (Å²) in [4.78, 5) is 2.56. The van der Waals surface area contributed by atoms with E-state index in [0.29, 0.717) is 37.1 Å². The highest BCUT2D eigenvalue weighted by molar-refractivity contribution is 6.21. The van der Waals surface area contributed by atoms with Crippen molar-refractivity contribution in [3.05, 3.63) is 35.5 Å². The zero-order valence-corrected chi connectivity index (χ0v) is 19.7. The lowest BCUT2D eigenvalue weighted by molar-refractivity contribution is 0.162. The molecule has 1 fully saturated rings. The average molecular weight is 463 g/mol. The summed E-state index contributed by atoms with van der Waals surface area (Å²) >= 11 is 6.02. The van der Waals surface area contributed by atoms with Crippen LogP contribution in [0.25, 0.3) is 0 Å². The standard InChI is InChI=1S/C24H37ClF2N2.2H2O/c1-17(2)24(28-12-9-18-3-6-21(26)7-4-18)16-29-13-10-19(11-14-29)20-5-8-22(25)23(27)15-20;;/h3-6,17,19,21-24,28H,7-16H2,1-2H3;2*1H2/t21?,22?,23?,24-;;/m0../s1. The molecular formula is C24H41ClF2N2O2. The first-order valence-corrected chi connectivity index (χ1v) is 11.8. The zero-order chi connectivity index (χ0) is 20.8. The van der Waals surface area contributed by atoms with E-state index in [1.54, 1.807) is 6.08 Å². The monoisotopic (exact) mass is 462 g/mol. The first-order chi connectivity index (χ1) is 13.9. The van der Waals surface area contributed by atoms with Crippen LogP contribution in [0, 0.1) is 11.8 Å². The molecule has 31 heavy (non-hydrogen) atoms. The van der Waals surface area contributed by atoms with E-state index >= 15 is 0 Å². The second-order valence-corrected chi connectivity index (χ2v) is 9.83. The molecule has 0 amide bonds. The quantitative estimate of drug-likeness (QED) is 0.438. The van der Waals surface area contributed by atoms with Gasteiger partial charge in [-0.1, -0.05) is 49.3 Å². The summed E-state index contributed by atoms with van der Waals surface area (Å²) in [6.07, 6.45) is 11.0. The predicted molar refractivity (Wildman–Crippen MR) is 126 cm³/mol. The number of rotatable bonds is 8. The van der Waals surface area contributed by atoms with E-state index < -0.39 is 12.3 Å². The molecule has 1 heterocycles. The summed E-state index contributed by atoms with van der Waals surface area (Å²) in [7, 11) is 0. The van der Waals surface area contributed by atoms with Gasteiger partial charge in [0, 0.05) is 25.4 Å². The lowest BCUT2D eigenvalue weighted by Crippen LogP contribution is -2.47. The van der Waals surface area contributed by atoms with E-state index in [1.807, 2.05) is 12.2 Å². The van der Waals surface area contributed by atoms with E-state index in [1.165, 1.54) is 11.1 Å². The number of alkyl halides is 3. The number of nitrogens with zero attached hydrogens (tertiary/aromatic N) is 1. The van der Waals surface area contributed by atoms with Gasteiger partial charge in [-0.15, -0.1) is 11.6 Å². The fourth-order valence-electron chi connectivity index (χ4n) is 4.68. The van der Waals surface area contributed by atoms with Gasteiger partial charge >= 0.3 is 0 Å². The molecular weight excluding hydrogens is 422 g/mol. The molecule has 3 aliphatic rings. The normalized spacial score (nSPS) is 28.4. The van der Waals surface area contributed by atoms with Crippen molar-refractivity contribution in [1.82, 2.24) is 10.2 Å². The second-order valence-electron chi connectivity index (χ2n) is 9.27. The van der Waals surface area contributed by atoms with Crippen LogP contribution in [-0.4, -0.2) is 65.8 Å². The van der Waals surface area contributed by atoms with Crippen LogP contribution >= 0.6 is 11.6 Å². The number of piperidine rings is 1. The molecule has 180 valence electrons. The third-order valence-electron chi connectivity index (χ3n) is 6.74. The van der Waals surface area contributed by atoms with Crippen LogP contribution < -0.4 is 5.32 Å². The van der Waals surface area contributed by atoms with Gasteiger partial charge in [0.05, 0.1) is 5.38 Å². The van der Waals surface area contributed by atoms with Crippen molar-refractivity contribution >= 4 is 11.6 Å². The van der Waals surface area contributed by atoms with Gasteiger partial charge < -0.3 is 21.2 Å². The molecule has 0 spiro atoms. The Hall–Kier alpha value is -0.790. The largest absolute Gasteiger partial charge is 0.412 e. The highest BCUT2D eigenvalue weighted by Gasteiger charge is 2.30. The first-order valence-electron chi connectivity index (χ1n) is 11.4. The second kappa shape index (κ2) is 13.7. The minimum atomic E-state index is -0.880. The van der Waals surface area contributed by atoms with E-state index in [0.717, 1.165) is 45.4 Å². The Morgan fingerprint density at radius 2 is 1.84 bits per heavy atom. The molecule has 0 radical (unpaired) electrons. The summed E-state index contributed by atoms with van der Waals surface area (Å²) in [5.74, 6) is 1.09. The summed E-state index contributed by atoms with van der Waals surface area (Å²) in [5, 5.41) is 3.39. The van der Waals surface area contributed by atoms with Crippen molar-refractivity contribution in [3.8, 4) is 0 Å². The number of hydrogen-bond donors (Lipinski definition) is 1. The van der Waals surface area contributed by atoms with Crippen LogP contribution in [0.15, 0.2) is 35.5 Å². The number of halogens is 3. The smallest absolute Gasteiger partial charge is 0.122 e. The number of hydrogen-bond acceptors (Lipinski definition) is 2. The van der Waals surface area contributed by atoms with Crippen molar-refractivity contribution in [3.63, 3.8) is 0 Å². The lowest BCUT2D eigenvalue weighted by atomic mass is 9.82. The van der Waals surface area contributed by atoms with Crippen LogP contribution in [0.2, 0.25) is 0 Å². The molecule has 1 aliphatic heterocycles. The van der Waals surface area contributed by atoms with Gasteiger partial charge in [0.15, 0.2) is 0 Å². The van der Waals surface area contributed by atoms with Crippen LogP contribution in [0.5, 0.6) is 0 Å². The molecule has 3 rings (SSSR count). The zero-order valence-electron chi connectivity index (χ0n) is 18.9. The molecule has 1 saturated heterocycles. The van der Waals surface area contributed by atoms with E-state index in [9.17, 15) is 8.78 Å². The van der Waals surface area contributed by atoms with Crippen LogP contribution in [-0.2, 0) is 0 Å². The molecule has 0 aromatic rings. The van der Waals surface area contributed by atoms with Crippen LogP contribution in [0.4, 0.5) is 8.78 Å². The Bertz CT molecular complexity index is 619. The van der Waals surface area contributed by atoms with Gasteiger partial charge in [0.2, 0.25) is 0 Å². The third kappa shape index (κ3) is 8.58. The Labute approximate surface area is 191 Å². The number of likely N-dealkylation sites (tertiary alicyclic amines) is 1. The lowest BCUT2D eigenvalue weighted by Gasteiger charge is -2.37. The molecule has 0 saturated carbocycles. The number of nitrogens with one attached hydrogen (secondary N) is 1. The summed E-state index contributed by atoms with van der Waals surface area (Å²) in [6.45, 7) is 8.69. The predicted octanol–water partition coefficient (Wildman–Crippen LogP) is 3.94. The first kappa shape index (κ1) is 28.2. The molecule has 0 aromatic heterocycles. The topological polar surface area (TPSA) is 78.3 Å². The Kier molecular flexibility index (Phi) is 12.5. The van der Waals surface area contributed by atoms with Gasteiger partial charge in [0.25, 0.3) is 0 Å². The minimum Gasteiger partial charge on any atom is -0.412 e. The molecule has 0 aromatic carbocycles. The van der Waals surface area contributed by atoms with Gasteiger partial charge in [-0.25, -0.2) is 8.78 Å². The maximum atomic E-state index is 14.0. The van der Waals surface area contributed by atoms with Crippen molar-refractivity contribution in [1.29, 1.82) is 0 Å². The van der Waals surface area contributed by atoms with Gasteiger partial charge in [-0.05, 0) is 57.2 Å². The van der Waals surface area contributed by atoms with Crippen molar-refractivity contribution in [2.45, 2.75) is 76.1 Å². The maximum absolute atomic E-state index is 14.0. The molecule has 4 atom stereocenters. The van der Waals surface area contributed by atoms with E-state index in [-0.39, 0.29) is 16.3 Å². The SMILES string of the molecule is CC(C)[C@H](CN1CCC(C2=CCC(Cl)C(F)C2)CC1)NCCC1=CCC(F)C=C1.O.O. The fraction of sp³-hybridized carbons (Fsp3) is 0.750. The Morgan fingerprint density at radius 1 is 1.13 bits per heavy atom. The van der Waals surface area contributed by atoms with E-state index in [2.05, 4.69) is 30.1 Å². The third-order valence-corrected chi connectivity index (χ3v) is 7.20. The van der Waals surface area contributed by atoms with Gasteiger partial charge in [0.1, 0.15) is 12.3 Å². The molecule has 5 N–H and O–H groups in total. The summed E-state index contributed by atoms with van der Waals surface area (Å²) in [5.41, 5.74) is 2.54. The summed E-state index contributed by atoms with van der Waals surface area (Å²) in [6, 6.07) is 0.453. The van der Waals surface area contributed by atoms with Crippen LogP contribution in [0.3, 0.4) is 0 Å². The maximum Gasteiger partial charge on any atom is 0.122 e. The fourth-order valence-corrected chi connectivity index (χ4v) is 4.86. The number of allylic oxidation sites excluding steroid dienone is 5. The highest BCUT2D eigenvalue weighted by Crippen LogP contribution is 2.34. The van der Waals surface area contributed by atoms with Crippen molar-refractivity contribution in [2.75, 3.05) is 26.2 Å².